The summed E-state index contributed by atoms with van der Waals surface area (Å²) in [6, 6.07) is 12.3. The average molecular weight is 395 g/mol. The molecule has 27 heavy (non-hydrogen) atoms. The molecule has 3 aromatic rings. The summed E-state index contributed by atoms with van der Waals surface area (Å²) in [6.07, 6.45) is -3.05. The van der Waals surface area contributed by atoms with Gasteiger partial charge < -0.3 is 9.30 Å². The Balaban J connectivity index is 2.14. The summed E-state index contributed by atoms with van der Waals surface area (Å²) < 4.78 is 45.3. The van der Waals surface area contributed by atoms with Crippen molar-refractivity contribution in [2.45, 2.75) is 12.7 Å². The van der Waals surface area contributed by atoms with Crippen molar-refractivity contribution in [1.82, 2.24) is 9.55 Å². The molecule has 2 aromatic carbocycles. The van der Waals surface area contributed by atoms with Crippen LogP contribution in [0, 0.1) is 0 Å². The molecule has 0 N–H and O–H groups in total. The quantitative estimate of drug-likeness (QED) is 0.647. The number of benzene rings is 2. The molecule has 0 aliphatic heterocycles. The third-order valence-electron chi connectivity index (χ3n) is 3.92. The van der Waals surface area contributed by atoms with Crippen LogP contribution in [0.1, 0.15) is 11.1 Å². The van der Waals surface area contributed by atoms with E-state index >= 15 is 0 Å². The second-order valence-electron chi connectivity index (χ2n) is 5.74. The number of alkyl halides is 3. The molecule has 0 saturated heterocycles. The van der Waals surface area contributed by atoms with E-state index in [0.29, 0.717) is 6.54 Å². The lowest BCUT2D eigenvalue weighted by Crippen LogP contribution is -2.17. The van der Waals surface area contributed by atoms with Crippen LogP contribution in [-0.4, -0.2) is 16.7 Å². The second-order valence-corrected chi connectivity index (χ2v) is 6.15. The van der Waals surface area contributed by atoms with Gasteiger partial charge in [-0.2, -0.15) is 18.2 Å². The Kier molecular flexibility index (Phi) is 5.23. The summed E-state index contributed by atoms with van der Waals surface area (Å²) in [4.78, 5) is 16.1. The molecule has 0 amide bonds. The van der Waals surface area contributed by atoms with Gasteiger partial charge in [0.15, 0.2) is 0 Å². The minimum Gasteiger partial charge on any atom is -0.490 e. The van der Waals surface area contributed by atoms with Gasteiger partial charge in [-0.1, -0.05) is 41.9 Å². The Morgan fingerprint density at radius 2 is 1.85 bits per heavy atom. The Morgan fingerprint density at radius 3 is 2.44 bits per heavy atom. The van der Waals surface area contributed by atoms with Gasteiger partial charge in [0.05, 0.1) is 23.9 Å². The van der Waals surface area contributed by atoms with Crippen molar-refractivity contribution in [2.75, 3.05) is 7.11 Å². The van der Waals surface area contributed by atoms with Crippen molar-refractivity contribution in [1.29, 1.82) is 0 Å². The van der Waals surface area contributed by atoms with Gasteiger partial charge >= 0.3 is 11.7 Å². The normalized spacial score (nSPS) is 11.4. The minimum atomic E-state index is -4.51. The first-order valence-electron chi connectivity index (χ1n) is 7.86. The van der Waals surface area contributed by atoms with E-state index in [0.717, 1.165) is 17.7 Å². The van der Waals surface area contributed by atoms with Crippen molar-refractivity contribution in [3.63, 3.8) is 0 Å². The Hall–Kier alpha value is -2.80. The van der Waals surface area contributed by atoms with Crippen molar-refractivity contribution in [3.8, 4) is 17.1 Å². The lowest BCUT2D eigenvalue weighted by Gasteiger charge is -2.16. The SMILES string of the molecule is COc1cn(Cc2ccccc2)c(-c2ccc(C(F)(F)F)cc2Cl)nc1=O. The van der Waals surface area contributed by atoms with E-state index < -0.39 is 17.3 Å². The molecule has 0 fully saturated rings. The zero-order valence-corrected chi connectivity index (χ0v) is 14.9. The molecule has 0 unspecified atom stereocenters. The van der Waals surface area contributed by atoms with E-state index in [1.165, 1.54) is 19.4 Å². The molecule has 0 radical (unpaired) electrons. The summed E-state index contributed by atoms with van der Waals surface area (Å²) in [6.45, 7) is 0.331. The first-order chi connectivity index (χ1) is 12.8. The van der Waals surface area contributed by atoms with Gasteiger partial charge in [0, 0.05) is 12.1 Å². The lowest BCUT2D eigenvalue weighted by atomic mass is 10.1. The van der Waals surface area contributed by atoms with Crippen molar-refractivity contribution in [2.24, 2.45) is 0 Å². The third-order valence-corrected chi connectivity index (χ3v) is 4.23. The maximum Gasteiger partial charge on any atom is 0.416 e. The first-order valence-corrected chi connectivity index (χ1v) is 8.24. The number of halogens is 4. The van der Waals surface area contributed by atoms with Gasteiger partial charge in [-0.15, -0.1) is 0 Å². The van der Waals surface area contributed by atoms with Crippen molar-refractivity contribution >= 4 is 11.6 Å². The van der Waals surface area contributed by atoms with Gasteiger partial charge in [-0.3, -0.25) is 4.79 Å². The summed E-state index contributed by atoms with van der Waals surface area (Å²) in [5, 5.41) is -0.149. The lowest BCUT2D eigenvalue weighted by molar-refractivity contribution is -0.137. The van der Waals surface area contributed by atoms with Gasteiger partial charge in [-0.05, 0) is 23.8 Å². The topological polar surface area (TPSA) is 44.1 Å². The molecule has 1 aromatic heterocycles. The zero-order chi connectivity index (χ0) is 19.6. The maximum atomic E-state index is 12.9. The Labute approximate surface area is 157 Å². The Morgan fingerprint density at radius 1 is 1.15 bits per heavy atom. The van der Waals surface area contributed by atoms with Gasteiger partial charge in [0.25, 0.3) is 0 Å². The highest BCUT2D eigenvalue weighted by molar-refractivity contribution is 6.33. The fraction of sp³-hybridized carbons (Fsp3) is 0.158. The number of rotatable bonds is 4. The molecule has 0 saturated carbocycles. The van der Waals surface area contributed by atoms with Crippen LogP contribution in [0.25, 0.3) is 11.4 Å². The van der Waals surface area contributed by atoms with Gasteiger partial charge in [-0.25, -0.2) is 0 Å². The van der Waals surface area contributed by atoms with Gasteiger partial charge in [0.1, 0.15) is 5.82 Å². The third kappa shape index (κ3) is 4.14. The highest BCUT2D eigenvalue weighted by Gasteiger charge is 2.31. The van der Waals surface area contributed by atoms with Crippen LogP contribution in [0.3, 0.4) is 0 Å². The summed E-state index contributed by atoms with van der Waals surface area (Å²) in [5.74, 6) is 0.182. The summed E-state index contributed by atoms with van der Waals surface area (Å²) in [5.41, 5.74) is -0.371. The van der Waals surface area contributed by atoms with E-state index in [2.05, 4.69) is 4.98 Å². The maximum absolute atomic E-state index is 12.9. The molecule has 140 valence electrons. The molecule has 0 atom stereocenters. The largest absolute Gasteiger partial charge is 0.490 e. The number of nitrogens with zero attached hydrogens (tertiary/aromatic N) is 2. The Bertz CT molecular complexity index is 1020. The predicted octanol–water partition coefficient (Wildman–Crippen LogP) is 4.64. The van der Waals surface area contributed by atoms with Crippen LogP contribution < -0.4 is 10.3 Å². The van der Waals surface area contributed by atoms with E-state index in [9.17, 15) is 18.0 Å². The number of hydrogen-bond acceptors (Lipinski definition) is 3. The molecule has 0 spiro atoms. The van der Waals surface area contributed by atoms with E-state index in [4.69, 9.17) is 16.3 Å². The molecule has 1 heterocycles. The molecular formula is C19H14ClF3N2O2. The van der Waals surface area contributed by atoms with E-state index in [1.54, 1.807) is 4.57 Å². The molecule has 0 aliphatic rings. The zero-order valence-electron chi connectivity index (χ0n) is 14.1. The standard InChI is InChI=1S/C19H14ClF3N2O2/c1-27-16-11-25(10-12-5-3-2-4-6-12)17(24-18(16)26)14-8-7-13(9-15(14)20)19(21,22)23/h2-9,11H,10H2,1H3. The molecular weight excluding hydrogens is 381 g/mol. The van der Waals surface area contributed by atoms with Crippen LogP contribution in [0.2, 0.25) is 5.02 Å². The van der Waals surface area contributed by atoms with Crippen molar-refractivity contribution < 1.29 is 17.9 Å². The summed E-state index contributed by atoms with van der Waals surface area (Å²) >= 11 is 6.08. The summed E-state index contributed by atoms with van der Waals surface area (Å²) in [7, 11) is 1.34. The fourth-order valence-corrected chi connectivity index (χ4v) is 2.87. The molecule has 8 heteroatoms. The van der Waals surface area contributed by atoms with Crippen molar-refractivity contribution in [3.05, 3.63) is 81.2 Å². The average Bonchev–Trinajstić information content (AvgIpc) is 2.63. The predicted molar refractivity (Wildman–Crippen MR) is 96.0 cm³/mol. The highest BCUT2D eigenvalue weighted by atomic mass is 35.5. The first kappa shape index (κ1) is 19.0. The smallest absolute Gasteiger partial charge is 0.416 e. The molecule has 3 rings (SSSR count). The number of methoxy groups -OCH3 is 1. The van der Waals surface area contributed by atoms with Crippen LogP contribution in [-0.2, 0) is 12.7 Å². The monoisotopic (exact) mass is 394 g/mol. The molecule has 0 bridgehead atoms. The van der Waals surface area contributed by atoms with E-state index in [1.807, 2.05) is 30.3 Å². The fourth-order valence-electron chi connectivity index (χ4n) is 2.60. The van der Waals surface area contributed by atoms with Crippen LogP contribution in [0.4, 0.5) is 13.2 Å². The number of hydrogen-bond donors (Lipinski definition) is 0. The second kappa shape index (κ2) is 7.44. The highest BCUT2D eigenvalue weighted by Crippen LogP contribution is 2.35. The minimum absolute atomic E-state index is 0.0257. The van der Waals surface area contributed by atoms with Gasteiger partial charge in [0.2, 0.25) is 5.75 Å². The van der Waals surface area contributed by atoms with E-state index in [-0.39, 0.29) is 22.2 Å². The molecule has 0 aliphatic carbocycles. The van der Waals surface area contributed by atoms with Crippen LogP contribution in [0.5, 0.6) is 5.75 Å². The number of aromatic nitrogens is 2. The van der Waals surface area contributed by atoms with Crippen LogP contribution >= 0.6 is 11.6 Å². The number of ether oxygens (including phenoxy) is 1. The van der Waals surface area contributed by atoms with Crippen LogP contribution in [0.15, 0.2) is 59.5 Å². The molecule has 4 nitrogen and oxygen atoms in total.